The van der Waals surface area contributed by atoms with Gasteiger partial charge in [-0.2, -0.15) is 0 Å². The summed E-state index contributed by atoms with van der Waals surface area (Å²) >= 11 is 5.10. The minimum atomic E-state index is -0.455. The molecule has 2 aromatic heterocycles. The Morgan fingerprint density at radius 2 is 2.22 bits per heavy atom. The third kappa shape index (κ3) is 3.44. The van der Waals surface area contributed by atoms with Gasteiger partial charge < -0.3 is 14.5 Å². The molecule has 0 atom stereocenters. The molecule has 0 aliphatic rings. The summed E-state index contributed by atoms with van der Waals surface area (Å²) in [5, 5.41) is 3.25. The topological polar surface area (TPSA) is 51.5 Å². The number of carbonyl (C=O) groups is 1. The number of thiophene rings is 1. The van der Waals surface area contributed by atoms with Crippen LogP contribution in [0.5, 0.6) is 0 Å². The first-order chi connectivity index (χ1) is 8.69. The fourth-order valence-electron chi connectivity index (χ4n) is 1.44. The predicted octanol–water partition coefficient (Wildman–Crippen LogP) is 3.18. The van der Waals surface area contributed by atoms with Crippen molar-refractivity contribution in [3.05, 3.63) is 44.4 Å². The Kier molecular flexibility index (Phi) is 4.57. The van der Waals surface area contributed by atoms with Crippen LogP contribution in [0.25, 0.3) is 0 Å². The zero-order valence-electron chi connectivity index (χ0n) is 9.73. The summed E-state index contributed by atoms with van der Waals surface area (Å²) in [6.45, 7) is 1.34. The van der Waals surface area contributed by atoms with Gasteiger partial charge in [-0.15, -0.1) is 11.3 Å². The average molecular weight is 330 g/mol. The zero-order valence-corrected chi connectivity index (χ0v) is 12.1. The van der Waals surface area contributed by atoms with Crippen molar-refractivity contribution in [2.45, 2.75) is 13.1 Å². The summed E-state index contributed by atoms with van der Waals surface area (Å²) < 4.78 is 11.0. The molecular formula is C12H12BrNO3S. The van der Waals surface area contributed by atoms with Crippen LogP contribution in [0, 0.1) is 0 Å². The van der Waals surface area contributed by atoms with Crippen LogP contribution in [-0.4, -0.2) is 13.1 Å². The molecule has 96 valence electrons. The van der Waals surface area contributed by atoms with E-state index in [0.29, 0.717) is 12.3 Å². The van der Waals surface area contributed by atoms with Crippen molar-refractivity contribution in [1.29, 1.82) is 0 Å². The Labute approximate surface area is 117 Å². The van der Waals surface area contributed by atoms with Gasteiger partial charge in [-0.3, -0.25) is 0 Å². The van der Waals surface area contributed by atoms with E-state index in [0.717, 1.165) is 10.3 Å². The van der Waals surface area contributed by atoms with Gasteiger partial charge in [0.2, 0.25) is 5.76 Å². The van der Waals surface area contributed by atoms with E-state index in [1.807, 2.05) is 6.07 Å². The van der Waals surface area contributed by atoms with Crippen molar-refractivity contribution >= 4 is 33.2 Å². The lowest BCUT2D eigenvalue weighted by molar-refractivity contribution is 0.0563. The molecule has 0 aromatic carbocycles. The van der Waals surface area contributed by atoms with Crippen LogP contribution in [0.3, 0.4) is 0 Å². The van der Waals surface area contributed by atoms with E-state index in [9.17, 15) is 4.79 Å². The molecule has 0 saturated carbocycles. The number of halogens is 1. The third-order valence-corrected chi connectivity index (χ3v) is 3.90. The molecule has 0 radical (unpaired) electrons. The molecule has 2 heterocycles. The van der Waals surface area contributed by atoms with E-state index in [1.54, 1.807) is 23.5 Å². The Bertz CT molecular complexity index is 535. The first-order valence-corrected chi connectivity index (χ1v) is 6.92. The molecule has 0 aliphatic heterocycles. The van der Waals surface area contributed by atoms with Gasteiger partial charge in [-0.1, -0.05) is 0 Å². The van der Waals surface area contributed by atoms with Gasteiger partial charge in [-0.25, -0.2) is 4.79 Å². The van der Waals surface area contributed by atoms with Crippen molar-refractivity contribution in [2.75, 3.05) is 7.11 Å². The molecule has 0 fully saturated rings. The Balaban J connectivity index is 1.83. The Morgan fingerprint density at radius 3 is 2.89 bits per heavy atom. The van der Waals surface area contributed by atoms with Crippen LogP contribution in [0.2, 0.25) is 0 Å². The van der Waals surface area contributed by atoms with Crippen LogP contribution >= 0.6 is 27.3 Å². The van der Waals surface area contributed by atoms with Crippen LogP contribution in [-0.2, 0) is 17.8 Å². The van der Waals surface area contributed by atoms with Crippen LogP contribution in [0.1, 0.15) is 21.2 Å². The van der Waals surface area contributed by atoms with Gasteiger partial charge in [-0.05, 0) is 40.2 Å². The number of furan rings is 1. The highest BCUT2D eigenvalue weighted by Gasteiger charge is 2.10. The highest BCUT2D eigenvalue weighted by atomic mass is 79.9. The number of hydrogen-bond donors (Lipinski definition) is 1. The van der Waals surface area contributed by atoms with Gasteiger partial charge in [0.1, 0.15) is 5.76 Å². The average Bonchev–Trinajstić information content (AvgIpc) is 2.98. The molecule has 0 aliphatic carbocycles. The number of esters is 1. The quantitative estimate of drug-likeness (QED) is 0.856. The highest BCUT2D eigenvalue weighted by molar-refractivity contribution is 9.11. The first kappa shape index (κ1) is 13.3. The number of nitrogens with one attached hydrogen (secondary N) is 1. The maximum absolute atomic E-state index is 11.2. The van der Waals surface area contributed by atoms with Gasteiger partial charge in [0, 0.05) is 11.4 Å². The second-order valence-corrected chi connectivity index (χ2v) is 6.11. The molecule has 0 spiro atoms. The maximum Gasteiger partial charge on any atom is 0.373 e. The third-order valence-electron chi connectivity index (χ3n) is 2.28. The molecule has 18 heavy (non-hydrogen) atoms. The zero-order chi connectivity index (χ0) is 13.0. The summed E-state index contributed by atoms with van der Waals surface area (Å²) in [4.78, 5) is 12.4. The van der Waals surface area contributed by atoms with E-state index in [4.69, 9.17) is 4.42 Å². The highest BCUT2D eigenvalue weighted by Crippen LogP contribution is 2.21. The summed E-state index contributed by atoms with van der Waals surface area (Å²) in [6.07, 6.45) is 0. The molecule has 0 unspecified atom stereocenters. The summed E-state index contributed by atoms with van der Waals surface area (Å²) in [7, 11) is 1.33. The van der Waals surface area contributed by atoms with Crippen molar-refractivity contribution < 1.29 is 13.9 Å². The fourth-order valence-corrected chi connectivity index (χ4v) is 2.89. The second kappa shape index (κ2) is 6.17. The molecule has 4 nitrogen and oxygen atoms in total. The molecule has 0 bridgehead atoms. The van der Waals surface area contributed by atoms with E-state index in [1.165, 1.54) is 12.0 Å². The smallest absolute Gasteiger partial charge is 0.373 e. The SMILES string of the molecule is COC(=O)c1ccc(CNCc2ccc(Br)s2)o1. The second-order valence-electron chi connectivity index (χ2n) is 3.57. The molecule has 1 N–H and O–H groups in total. The van der Waals surface area contributed by atoms with Crippen LogP contribution < -0.4 is 5.32 Å². The molecular weight excluding hydrogens is 318 g/mol. The Hall–Kier alpha value is -1.11. The molecule has 2 rings (SSSR count). The monoisotopic (exact) mass is 329 g/mol. The van der Waals surface area contributed by atoms with Crippen molar-refractivity contribution in [2.24, 2.45) is 0 Å². The lowest BCUT2D eigenvalue weighted by Crippen LogP contribution is -2.11. The fraction of sp³-hybridized carbons (Fsp3) is 0.250. The van der Waals surface area contributed by atoms with Gasteiger partial charge in [0.15, 0.2) is 0 Å². The lowest BCUT2D eigenvalue weighted by Gasteiger charge is -2.00. The number of hydrogen-bond acceptors (Lipinski definition) is 5. The summed E-state index contributed by atoms with van der Waals surface area (Å²) in [6, 6.07) is 7.46. The minimum absolute atomic E-state index is 0.230. The van der Waals surface area contributed by atoms with E-state index in [-0.39, 0.29) is 5.76 Å². The van der Waals surface area contributed by atoms with Crippen molar-refractivity contribution in [3.8, 4) is 0 Å². The number of methoxy groups -OCH3 is 1. The normalized spacial score (nSPS) is 10.6. The van der Waals surface area contributed by atoms with Gasteiger partial charge >= 0.3 is 5.97 Å². The number of rotatable bonds is 5. The predicted molar refractivity (Wildman–Crippen MR) is 72.6 cm³/mol. The molecule has 2 aromatic rings. The van der Waals surface area contributed by atoms with E-state index in [2.05, 4.69) is 32.0 Å². The molecule has 0 saturated heterocycles. The molecule has 6 heteroatoms. The van der Waals surface area contributed by atoms with Crippen molar-refractivity contribution in [1.82, 2.24) is 5.32 Å². The van der Waals surface area contributed by atoms with Gasteiger partial charge in [0.25, 0.3) is 0 Å². The van der Waals surface area contributed by atoms with Crippen molar-refractivity contribution in [3.63, 3.8) is 0 Å². The van der Waals surface area contributed by atoms with Crippen LogP contribution in [0.4, 0.5) is 0 Å². The number of carbonyl (C=O) groups excluding carboxylic acids is 1. The van der Waals surface area contributed by atoms with Gasteiger partial charge in [0.05, 0.1) is 17.4 Å². The number of ether oxygens (including phenoxy) is 1. The van der Waals surface area contributed by atoms with E-state index >= 15 is 0 Å². The minimum Gasteiger partial charge on any atom is -0.463 e. The van der Waals surface area contributed by atoms with E-state index < -0.39 is 5.97 Å². The van der Waals surface area contributed by atoms with Crippen LogP contribution in [0.15, 0.2) is 32.5 Å². The summed E-state index contributed by atoms with van der Waals surface area (Å²) in [5.41, 5.74) is 0. The largest absolute Gasteiger partial charge is 0.463 e. The standard InChI is InChI=1S/C12H12BrNO3S/c1-16-12(15)10-4-2-8(17-10)6-14-7-9-3-5-11(13)18-9/h2-5,14H,6-7H2,1H3. The summed E-state index contributed by atoms with van der Waals surface area (Å²) in [5.74, 6) is 0.489. The Morgan fingerprint density at radius 1 is 1.39 bits per heavy atom. The molecule has 0 amide bonds. The maximum atomic E-state index is 11.2. The lowest BCUT2D eigenvalue weighted by atomic mass is 10.4. The first-order valence-electron chi connectivity index (χ1n) is 5.31.